The number of hydrogen-bond acceptors (Lipinski definition) is 2. The molecule has 0 saturated carbocycles. The molecule has 0 fully saturated rings. The monoisotopic (exact) mass is 300 g/mol. The molecule has 3 aromatic rings. The zero-order valence-electron chi connectivity index (χ0n) is 12.6. The maximum Gasteiger partial charge on any atom is 0.131 e. The molecule has 2 heteroatoms. The van der Waals surface area contributed by atoms with Crippen molar-refractivity contribution >= 4 is 6.29 Å². The van der Waals surface area contributed by atoms with Gasteiger partial charge in [-0.25, -0.2) is 0 Å². The number of benzene rings is 3. The molecule has 1 atom stereocenters. The number of carbonyl (C=O) groups excluding carboxylic acids is 1. The van der Waals surface area contributed by atoms with Crippen molar-refractivity contribution in [1.82, 2.24) is 0 Å². The molecule has 23 heavy (non-hydrogen) atoms. The van der Waals surface area contributed by atoms with Crippen molar-refractivity contribution < 1.29 is 9.53 Å². The number of hydrogen-bond donors (Lipinski definition) is 0. The Labute approximate surface area is 135 Å². The summed E-state index contributed by atoms with van der Waals surface area (Å²) in [5, 5.41) is 0. The zero-order chi connectivity index (χ0) is 15.6. The predicted octanol–water partition coefficient (Wildman–Crippen LogP) is 4.58. The number of fused-ring (bicyclic) bond motifs is 3. The zero-order valence-corrected chi connectivity index (χ0v) is 12.6. The Hall–Kier alpha value is -2.87. The fourth-order valence-corrected chi connectivity index (χ4v) is 3.20. The van der Waals surface area contributed by atoms with Crippen molar-refractivity contribution in [2.75, 3.05) is 0 Å². The molecule has 0 saturated heterocycles. The van der Waals surface area contributed by atoms with Gasteiger partial charge in [0.25, 0.3) is 0 Å². The molecule has 0 radical (unpaired) electrons. The predicted molar refractivity (Wildman–Crippen MR) is 90.6 cm³/mol. The Bertz CT molecular complexity index is 853. The molecular weight excluding hydrogens is 284 g/mol. The van der Waals surface area contributed by atoms with Crippen molar-refractivity contribution in [3.63, 3.8) is 0 Å². The van der Waals surface area contributed by atoms with E-state index in [-0.39, 0.29) is 5.92 Å². The normalized spacial score (nSPS) is 14.9. The van der Waals surface area contributed by atoms with Crippen LogP contribution in [0, 0.1) is 0 Å². The van der Waals surface area contributed by atoms with Crippen molar-refractivity contribution in [1.29, 1.82) is 0 Å². The Balaban J connectivity index is 1.66. The quantitative estimate of drug-likeness (QED) is 0.659. The van der Waals surface area contributed by atoms with Gasteiger partial charge in [-0.3, -0.25) is 0 Å². The van der Waals surface area contributed by atoms with E-state index in [1.54, 1.807) is 0 Å². The summed E-state index contributed by atoms with van der Waals surface area (Å²) in [6, 6.07) is 24.2. The summed E-state index contributed by atoms with van der Waals surface area (Å²) in [4.78, 5) is 11.5. The van der Waals surface area contributed by atoms with Gasteiger partial charge in [-0.2, -0.15) is 0 Å². The molecule has 0 aliphatic heterocycles. The Morgan fingerprint density at radius 3 is 2.39 bits per heavy atom. The van der Waals surface area contributed by atoms with E-state index in [9.17, 15) is 4.79 Å². The first-order valence-corrected chi connectivity index (χ1v) is 7.72. The van der Waals surface area contributed by atoms with Crippen LogP contribution in [0.25, 0.3) is 11.1 Å². The maximum atomic E-state index is 11.5. The summed E-state index contributed by atoms with van der Waals surface area (Å²) in [5.41, 5.74) is 5.51. The van der Waals surface area contributed by atoms with Gasteiger partial charge in [0.05, 0.1) is 5.92 Å². The molecule has 0 amide bonds. The summed E-state index contributed by atoms with van der Waals surface area (Å²) >= 11 is 0. The van der Waals surface area contributed by atoms with E-state index in [2.05, 4.69) is 6.07 Å². The van der Waals surface area contributed by atoms with E-state index < -0.39 is 0 Å². The fraction of sp³-hybridized carbons (Fsp3) is 0.0952. The van der Waals surface area contributed by atoms with Gasteiger partial charge in [-0.15, -0.1) is 0 Å². The van der Waals surface area contributed by atoms with Gasteiger partial charge in [0, 0.05) is 0 Å². The smallest absolute Gasteiger partial charge is 0.131 e. The SMILES string of the molecule is O=CC1c2ccccc2-c2cc(OCc3ccccc3)ccc21. The Kier molecular flexibility index (Phi) is 3.43. The minimum atomic E-state index is -0.163. The molecule has 2 nitrogen and oxygen atoms in total. The maximum absolute atomic E-state index is 11.5. The molecule has 1 unspecified atom stereocenters. The standard InChI is InChI=1S/C21H16O2/c22-13-21-18-9-5-4-8-17(18)20-12-16(10-11-19(20)21)23-14-15-6-2-1-3-7-15/h1-13,21H,14H2. The second-order valence-electron chi connectivity index (χ2n) is 5.72. The van der Waals surface area contributed by atoms with Gasteiger partial charge in [0.15, 0.2) is 0 Å². The van der Waals surface area contributed by atoms with Crippen LogP contribution in [-0.4, -0.2) is 6.29 Å². The van der Waals surface area contributed by atoms with E-state index in [1.165, 1.54) is 0 Å². The first-order chi connectivity index (χ1) is 11.4. The molecule has 112 valence electrons. The van der Waals surface area contributed by atoms with Crippen LogP contribution in [0.1, 0.15) is 22.6 Å². The second-order valence-corrected chi connectivity index (χ2v) is 5.72. The van der Waals surface area contributed by atoms with Crippen LogP contribution in [0.5, 0.6) is 5.75 Å². The summed E-state index contributed by atoms with van der Waals surface area (Å²) in [5.74, 6) is 0.665. The largest absolute Gasteiger partial charge is 0.489 e. The molecule has 0 bridgehead atoms. The van der Waals surface area contributed by atoms with E-state index in [1.807, 2.05) is 66.7 Å². The first kappa shape index (κ1) is 13.8. The summed E-state index contributed by atoms with van der Waals surface area (Å²) in [7, 11) is 0. The highest BCUT2D eigenvalue weighted by Gasteiger charge is 2.28. The lowest BCUT2D eigenvalue weighted by atomic mass is 9.99. The van der Waals surface area contributed by atoms with Crippen LogP contribution in [0.3, 0.4) is 0 Å². The summed E-state index contributed by atoms with van der Waals surface area (Å²) in [6.45, 7) is 0.540. The van der Waals surface area contributed by atoms with Crippen LogP contribution in [0.4, 0.5) is 0 Å². The van der Waals surface area contributed by atoms with E-state index >= 15 is 0 Å². The topological polar surface area (TPSA) is 26.3 Å². The molecule has 3 aromatic carbocycles. The molecule has 0 spiro atoms. The van der Waals surface area contributed by atoms with Crippen LogP contribution < -0.4 is 4.74 Å². The van der Waals surface area contributed by atoms with Gasteiger partial charge in [0.1, 0.15) is 18.6 Å². The lowest BCUT2D eigenvalue weighted by molar-refractivity contribution is -0.108. The number of aldehydes is 1. The molecule has 0 N–H and O–H groups in total. The van der Waals surface area contributed by atoms with E-state index in [4.69, 9.17) is 4.74 Å². The van der Waals surface area contributed by atoms with E-state index in [0.717, 1.165) is 39.9 Å². The van der Waals surface area contributed by atoms with Gasteiger partial charge < -0.3 is 9.53 Å². The van der Waals surface area contributed by atoms with Gasteiger partial charge in [-0.1, -0.05) is 60.7 Å². The minimum absolute atomic E-state index is 0.163. The third-order valence-corrected chi connectivity index (χ3v) is 4.33. The molecule has 1 aliphatic rings. The van der Waals surface area contributed by atoms with E-state index in [0.29, 0.717) is 6.61 Å². The van der Waals surface area contributed by atoms with Crippen LogP contribution >= 0.6 is 0 Å². The van der Waals surface area contributed by atoms with Crippen LogP contribution in [-0.2, 0) is 11.4 Å². The van der Waals surface area contributed by atoms with Crippen LogP contribution in [0.15, 0.2) is 72.8 Å². The molecule has 0 aromatic heterocycles. The third kappa shape index (κ3) is 2.42. The lowest BCUT2D eigenvalue weighted by Gasteiger charge is -2.09. The minimum Gasteiger partial charge on any atom is -0.489 e. The van der Waals surface area contributed by atoms with Crippen LogP contribution in [0.2, 0.25) is 0 Å². The van der Waals surface area contributed by atoms with Crippen molar-refractivity contribution in [2.24, 2.45) is 0 Å². The van der Waals surface area contributed by atoms with Gasteiger partial charge in [-0.05, 0) is 39.9 Å². The highest BCUT2D eigenvalue weighted by molar-refractivity contribution is 5.88. The first-order valence-electron chi connectivity index (χ1n) is 7.72. The average molecular weight is 300 g/mol. The highest BCUT2D eigenvalue weighted by Crippen LogP contribution is 2.44. The van der Waals surface area contributed by atoms with Crippen molar-refractivity contribution in [3.05, 3.63) is 89.5 Å². The lowest BCUT2D eigenvalue weighted by Crippen LogP contribution is -1.98. The van der Waals surface area contributed by atoms with Crippen molar-refractivity contribution in [2.45, 2.75) is 12.5 Å². The Morgan fingerprint density at radius 2 is 1.57 bits per heavy atom. The molecule has 0 heterocycles. The number of carbonyl (C=O) groups is 1. The highest BCUT2D eigenvalue weighted by atomic mass is 16.5. The third-order valence-electron chi connectivity index (χ3n) is 4.33. The second kappa shape index (κ2) is 5.73. The molecule has 4 rings (SSSR count). The summed E-state index contributed by atoms with van der Waals surface area (Å²) in [6.07, 6.45) is 1.02. The summed E-state index contributed by atoms with van der Waals surface area (Å²) < 4.78 is 5.91. The number of rotatable bonds is 4. The van der Waals surface area contributed by atoms with Gasteiger partial charge in [0.2, 0.25) is 0 Å². The van der Waals surface area contributed by atoms with Gasteiger partial charge >= 0.3 is 0 Å². The number of ether oxygens (including phenoxy) is 1. The molecular formula is C21H16O2. The molecule has 1 aliphatic carbocycles. The van der Waals surface area contributed by atoms with Crippen molar-refractivity contribution in [3.8, 4) is 16.9 Å². The average Bonchev–Trinajstić information content (AvgIpc) is 2.94. The fourth-order valence-electron chi connectivity index (χ4n) is 3.20. The Morgan fingerprint density at radius 1 is 0.826 bits per heavy atom.